The fourth-order valence-corrected chi connectivity index (χ4v) is 1.92. The number of nitrogens with two attached hydrogens (primary N) is 2. The van der Waals surface area contributed by atoms with E-state index in [2.05, 4.69) is 38.0 Å². The number of hydrogen-bond donors (Lipinski definition) is 3. The van der Waals surface area contributed by atoms with E-state index in [0.29, 0.717) is 12.3 Å². The third-order valence-corrected chi connectivity index (χ3v) is 3.25. The van der Waals surface area contributed by atoms with Crippen LogP contribution < -0.4 is 11.6 Å². The molecule has 0 heterocycles. The minimum absolute atomic E-state index is 0.201. The normalized spacial score (nSPS) is 12.5. The van der Waals surface area contributed by atoms with E-state index in [0.717, 1.165) is 12.8 Å². The molecule has 0 aliphatic heterocycles. The second kappa shape index (κ2) is 11.6. The van der Waals surface area contributed by atoms with Gasteiger partial charge in [0.15, 0.2) is 0 Å². The fraction of sp³-hybridized carbons (Fsp3) is 0.529. The molecule has 1 rings (SSSR count). The Kier molecular flexibility index (Phi) is 10.5. The van der Waals surface area contributed by atoms with Gasteiger partial charge in [0.1, 0.15) is 5.84 Å². The van der Waals surface area contributed by atoms with Crippen LogP contribution in [0.2, 0.25) is 0 Å². The van der Waals surface area contributed by atoms with Gasteiger partial charge in [-0.15, -0.1) is 0 Å². The predicted octanol–water partition coefficient (Wildman–Crippen LogP) is 3.13. The lowest BCUT2D eigenvalue weighted by Crippen LogP contribution is -2.24. The molecule has 0 amide bonds. The van der Waals surface area contributed by atoms with Gasteiger partial charge in [-0.25, -0.2) is 0 Å². The number of rotatable bonds is 7. The number of carbonyl (C=O) groups is 1. The number of carboxylic acids is 1. The van der Waals surface area contributed by atoms with Crippen molar-refractivity contribution in [2.45, 2.75) is 46.5 Å². The lowest BCUT2D eigenvalue weighted by atomic mass is 9.95. The van der Waals surface area contributed by atoms with E-state index >= 15 is 0 Å². The molecule has 5 nitrogen and oxygen atoms in total. The van der Waals surface area contributed by atoms with Gasteiger partial charge in [0.2, 0.25) is 0 Å². The van der Waals surface area contributed by atoms with Crippen LogP contribution in [0.4, 0.5) is 0 Å². The second-order valence-corrected chi connectivity index (χ2v) is 5.84. The van der Waals surface area contributed by atoms with Crippen LogP contribution in [0, 0.1) is 18.8 Å². The van der Waals surface area contributed by atoms with E-state index in [4.69, 9.17) is 16.7 Å². The maximum atomic E-state index is 10.9. The van der Waals surface area contributed by atoms with Gasteiger partial charge in [-0.1, -0.05) is 62.6 Å². The lowest BCUT2D eigenvalue weighted by Gasteiger charge is -2.12. The SMILES string of the molecule is CC(C)CCCC(C/C(N)=N/N)C(=O)O.Cc1ccccc1. The highest BCUT2D eigenvalue weighted by molar-refractivity contribution is 5.84. The van der Waals surface area contributed by atoms with Crippen molar-refractivity contribution in [1.29, 1.82) is 0 Å². The average Bonchev–Trinajstić information content (AvgIpc) is 2.47. The minimum Gasteiger partial charge on any atom is -0.481 e. The summed E-state index contributed by atoms with van der Waals surface area (Å²) in [6.45, 7) is 6.32. The Labute approximate surface area is 133 Å². The molecule has 124 valence electrons. The maximum absolute atomic E-state index is 10.9. The molecular formula is C17H29N3O2. The molecule has 0 saturated heterocycles. The molecule has 1 atom stereocenters. The Morgan fingerprint density at radius 1 is 1.23 bits per heavy atom. The first-order chi connectivity index (χ1) is 10.4. The van der Waals surface area contributed by atoms with Crippen LogP contribution in [-0.2, 0) is 4.79 Å². The molecule has 0 radical (unpaired) electrons. The molecular weight excluding hydrogens is 278 g/mol. The second-order valence-electron chi connectivity index (χ2n) is 5.84. The number of hydrazone groups is 1. The van der Waals surface area contributed by atoms with Crippen LogP contribution in [0.15, 0.2) is 35.4 Å². The van der Waals surface area contributed by atoms with Crippen LogP contribution in [0.3, 0.4) is 0 Å². The van der Waals surface area contributed by atoms with Crippen molar-refractivity contribution in [2.24, 2.45) is 28.5 Å². The smallest absolute Gasteiger partial charge is 0.306 e. The van der Waals surface area contributed by atoms with E-state index in [1.54, 1.807) is 0 Å². The van der Waals surface area contributed by atoms with E-state index < -0.39 is 11.9 Å². The molecule has 1 aromatic rings. The highest BCUT2D eigenvalue weighted by Crippen LogP contribution is 2.16. The summed E-state index contributed by atoms with van der Waals surface area (Å²) < 4.78 is 0. The van der Waals surface area contributed by atoms with Crippen molar-refractivity contribution in [3.8, 4) is 0 Å². The number of hydrogen-bond acceptors (Lipinski definition) is 3. The number of aliphatic carboxylic acids is 1. The van der Waals surface area contributed by atoms with Crippen molar-refractivity contribution in [1.82, 2.24) is 0 Å². The lowest BCUT2D eigenvalue weighted by molar-refractivity contribution is -0.141. The number of carboxylic acid groups (broad SMARTS) is 1. The molecule has 0 aliphatic rings. The summed E-state index contributed by atoms with van der Waals surface area (Å²) >= 11 is 0. The van der Waals surface area contributed by atoms with Crippen LogP contribution in [-0.4, -0.2) is 16.9 Å². The topological polar surface area (TPSA) is 102 Å². The predicted molar refractivity (Wildman–Crippen MR) is 91.4 cm³/mol. The highest BCUT2D eigenvalue weighted by Gasteiger charge is 2.18. The van der Waals surface area contributed by atoms with Crippen molar-refractivity contribution in [3.63, 3.8) is 0 Å². The fourth-order valence-electron chi connectivity index (χ4n) is 1.92. The summed E-state index contributed by atoms with van der Waals surface area (Å²) in [7, 11) is 0. The van der Waals surface area contributed by atoms with E-state index in [1.807, 2.05) is 18.2 Å². The first-order valence-electron chi connectivity index (χ1n) is 7.63. The van der Waals surface area contributed by atoms with Gasteiger partial charge in [0.05, 0.1) is 5.92 Å². The summed E-state index contributed by atoms with van der Waals surface area (Å²) in [6.07, 6.45) is 2.80. The quantitative estimate of drug-likeness (QED) is 0.312. The van der Waals surface area contributed by atoms with Crippen LogP contribution in [0.5, 0.6) is 0 Å². The molecule has 0 spiro atoms. The largest absolute Gasteiger partial charge is 0.481 e. The summed E-state index contributed by atoms with van der Waals surface area (Å²) in [5.74, 6) is 4.48. The average molecular weight is 307 g/mol. The molecule has 1 unspecified atom stereocenters. The third-order valence-electron chi connectivity index (χ3n) is 3.25. The molecule has 0 aromatic heterocycles. The van der Waals surface area contributed by atoms with Crippen molar-refractivity contribution >= 4 is 11.8 Å². The summed E-state index contributed by atoms with van der Waals surface area (Å²) in [5, 5.41) is 12.2. The highest BCUT2D eigenvalue weighted by atomic mass is 16.4. The zero-order valence-corrected chi connectivity index (χ0v) is 13.8. The number of benzene rings is 1. The Morgan fingerprint density at radius 2 is 1.82 bits per heavy atom. The van der Waals surface area contributed by atoms with Gasteiger partial charge < -0.3 is 16.7 Å². The van der Waals surface area contributed by atoms with Gasteiger partial charge >= 0.3 is 5.97 Å². The van der Waals surface area contributed by atoms with Crippen LogP contribution in [0.1, 0.15) is 45.1 Å². The summed E-state index contributed by atoms with van der Waals surface area (Å²) in [6, 6.07) is 10.3. The first kappa shape index (κ1) is 20.0. The Morgan fingerprint density at radius 3 is 2.18 bits per heavy atom. The van der Waals surface area contributed by atoms with Crippen molar-refractivity contribution < 1.29 is 9.90 Å². The standard InChI is InChI=1S/C10H21N3O2.C7H8/c1-7(2)4-3-5-8(10(14)15)6-9(11)13-12;1-7-5-3-2-4-6-7/h7-8H,3-6,12H2,1-2H3,(H2,11,13)(H,14,15);2-6H,1H3. The van der Waals surface area contributed by atoms with Gasteiger partial charge in [-0.3, -0.25) is 4.79 Å². The first-order valence-corrected chi connectivity index (χ1v) is 7.63. The number of nitrogens with zero attached hydrogens (tertiary/aromatic N) is 1. The Bertz CT molecular complexity index is 444. The van der Waals surface area contributed by atoms with E-state index in [-0.39, 0.29) is 12.3 Å². The monoisotopic (exact) mass is 307 g/mol. The molecule has 5 heteroatoms. The van der Waals surface area contributed by atoms with E-state index in [9.17, 15) is 4.79 Å². The maximum Gasteiger partial charge on any atom is 0.306 e. The molecule has 0 saturated carbocycles. The van der Waals surface area contributed by atoms with Crippen molar-refractivity contribution in [2.75, 3.05) is 0 Å². The van der Waals surface area contributed by atoms with E-state index in [1.165, 1.54) is 5.56 Å². The minimum atomic E-state index is -0.828. The van der Waals surface area contributed by atoms with Gasteiger partial charge in [0, 0.05) is 6.42 Å². The Balaban J connectivity index is 0.000000518. The van der Waals surface area contributed by atoms with Gasteiger partial charge in [-0.05, 0) is 19.3 Å². The molecule has 0 fully saturated rings. The molecule has 22 heavy (non-hydrogen) atoms. The molecule has 5 N–H and O–H groups in total. The molecule has 1 aromatic carbocycles. The van der Waals surface area contributed by atoms with Gasteiger partial charge in [0.25, 0.3) is 0 Å². The molecule has 0 aliphatic carbocycles. The van der Waals surface area contributed by atoms with Crippen LogP contribution in [0.25, 0.3) is 0 Å². The number of amidine groups is 1. The summed E-state index contributed by atoms with van der Waals surface area (Å²) in [5.41, 5.74) is 6.73. The third kappa shape index (κ3) is 10.7. The zero-order chi connectivity index (χ0) is 17.0. The van der Waals surface area contributed by atoms with Crippen LogP contribution >= 0.6 is 0 Å². The number of aryl methyl sites for hydroxylation is 1. The van der Waals surface area contributed by atoms with Gasteiger partial charge in [-0.2, -0.15) is 5.10 Å². The van der Waals surface area contributed by atoms with Crippen molar-refractivity contribution in [3.05, 3.63) is 35.9 Å². The zero-order valence-electron chi connectivity index (χ0n) is 13.8. The summed E-state index contributed by atoms with van der Waals surface area (Å²) in [4.78, 5) is 10.9. The Hall–Kier alpha value is -2.04. The molecule has 0 bridgehead atoms.